The van der Waals surface area contributed by atoms with Gasteiger partial charge in [0.2, 0.25) is 5.91 Å². The third kappa shape index (κ3) is 3.97. The molecule has 0 aliphatic carbocycles. The Bertz CT molecular complexity index is 1040. The molecule has 1 amide bonds. The monoisotopic (exact) mass is 460 g/mol. The molecule has 0 radical (unpaired) electrons. The molecule has 0 unspecified atom stereocenters. The summed E-state index contributed by atoms with van der Waals surface area (Å²) in [7, 11) is 0. The van der Waals surface area contributed by atoms with E-state index in [9.17, 15) is 4.79 Å². The summed E-state index contributed by atoms with van der Waals surface area (Å²) in [5, 5.41) is 5.12. The van der Waals surface area contributed by atoms with Gasteiger partial charge in [-0.1, -0.05) is 23.7 Å². The Labute approximate surface area is 192 Å². The number of aromatic amines is 1. The summed E-state index contributed by atoms with van der Waals surface area (Å²) < 4.78 is 0. The fourth-order valence-electron chi connectivity index (χ4n) is 4.78. The van der Waals surface area contributed by atoms with Gasteiger partial charge in [0.15, 0.2) is 0 Å². The maximum absolute atomic E-state index is 13.8. The summed E-state index contributed by atoms with van der Waals surface area (Å²) in [6, 6.07) is 9.83. The van der Waals surface area contributed by atoms with Crippen LogP contribution in [0.25, 0.3) is 11.0 Å². The third-order valence-corrected chi connectivity index (χ3v) is 6.71. The molecular formula is C22H26Cl2N6O. The van der Waals surface area contributed by atoms with Gasteiger partial charge < -0.3 is 20.1 Å². The van der Waals surface area contributed by atoms with Gasteiger partial charge in [0.25, 0.3) is 0 Å². The topological polar surface area (TPSA) is 77.2 Å². The number of H-pyrrole nitrogens is 1. The summed E-state index contributed by atoms with van der Waals surface area (Å²) in [5.41, 5.74) is 1.45. The molecule has 2 saturated heterocycles. The van der Waals surface area contributed by atoms with E-state index >= 15 is 0 Å². The molecule has 164 valence electrons. The van der Waals surface area contributed by atoms with Crippen LogP contribution >= 0.6 is 24.0 Å². The summed E-state index contributed by atoms with van der Waals surface area (Å²) in [6.45, 7) is 4.60. The number of piperidine rings is 1. The number of benzene rings is 1. The highest BCUT2D eigenvalue weighted by atomic mass is 35.5. The van der Waals surface area contributed by atoms with Crippen molar-refractivity contribution in [1.82, 2.24) is 25.2 Å². The number of anilines is 1. The van der Waals surface area contributed by atoms with Crippen LogP contribution in [0.2, 0.25) is 5.02 Å². The van der Waals surface area contributed by atoms with Gasteiger partial charge >= 0.3 is 0 Å². The molecule has 0 atom stereocenters. The van der Waals surface area contributed by atoms with Crippen molar-refractivity contribution in [3.63, 3.8) is 0 Å². The van der Waals surface area contributed by atoms with Gasteiger partial charge in [-0.05, 0) is 49.7 Å². The maximum atomic E-state index is 13.8. The van der Waals surface area contributed by atoms with E-state index in [-0.39, 0.29) is 18.3 Å². The summed E-state index contributed by atoms with van der Waals surface area (Å²) >= 11 is 6.11. The van der Waals surface area contributed by atoms with Crippen molar-refractivity contribution < 1.29 is 4.79 Å². The summed E-state index contributed by atoms with van der Waals surface area (Å²) in [6.07, 6.45) is 5.10. The second-order valence-corrected chi connectivity index (χ2v) is 8.49. The fraction of sp³-hybridized carbons (Fsp3) is 0.409. The van der Waals surface area contributed by atoms with Crippen molar-refractivity contribution in [1.29, 1.82) is 0 Å². The molecule has 0 spiro atoms. The van der Waals surface area contributed by atoms with Gasteiger partial charge in [0.05, 0.1) is 10.8 Å². The van der Waals surface area contributed by atoms with E-state index in [1.54, 1.807) is 6.33 Å². The molecular weight excluding hydrogens is 435 g/mol. The number of nitrogens with one attached hydrogen (secondary N) is 2. The fourth-order valence-corrected chi connectivity index (χ4v) is 4.91. The molecule has 7 nitrogen and oxygen atoms in total. The molecule has 4 heterocycles. The molecule has 2 aliphatic heterocycles. The smallest absolute Gasteiger partial charge is 0.233 e. The van der Waals surface area contributed by atoms with Crippen LogP contribution in [0.15, 0.2) is 42.9 Å². The second-order valence-electron chi connectivity index (χ2n) is 8.06. The number of hydrogen-bond acceptors (Lipinski definition) is 5. The Balaban J connectivity index is 0.00000231. The van der Waals surface area contributed by atoms with Crippen molar-refractivity contribution in [2.24, 2.45) is 0 Å². The van der Waals surface area contributed by atoms with Crippen molar-refractivity contribution >= 4 is 46.8 Å². The Morgan fingerprint density at radius 1 is 1.00 bits per heavy atom. The van der Waals surface area contributed by atoms with E-state index in [4.69, 9.17) is 11.6 Å². The second kappa shape index (κ2) is 9.02. The molecule has 2 fully saturated rings. The standard InChI is InChI=1S/C22H25ClN6O.ClH/c23-17-3-1-16(2-4-17)22(6-9-24-10-7-22)21(30)29-13-11-28(12-14-29)20-18-5-8-25-19(18)26-15-27-20;/h1-5,8,15,24H,6-7,9-14H2,(H,25,26,27);1H. The minimum absolute atomic E-state index is 0. The first-order valence-corrected chi connectivity index (χ1v) is 10.8. The predicted molar refractivity (Wildman–Crippen MR) is 125 cm³/mol. The van der Waals surface area contributed by atoms with Gasteiger partial charge in [-0.2, -0.15) is 0 Å². The van der Waals surface area contributed by atoms with Crippen LogP contribution in [0.4, 0.5) is 5.82 Å². The van der Waals surface area contributed by atoms with Crippen LogP contribution in [0, 0.1) is 0 Å². The highest BCUT2D eigenvalue weighted by molar-refractivity contribution is 6.30. The van der Waals surface area contributed by atoms with E-state index in [0.717, 1.165) is 61.4 Å². The number of rotatable bonds is 3. The van der Waals surface area contributed by atoms with Crippen molar-refractivity contribution in [3.8, 4) is 0 Å². The van der Waals surface area contributed by atoms with Crippen LogP contribution in [-0.2, 0) is 10.2 Å². The van der Waals surface area contributed by atoms with Crippen LogP contribution in [-0.4, -0.2) is 65.0 Å². The van der Waals surface area contributed by atoms with Crippen molar-refractivity contribution in [3.05, 3.63) is 53.4 Å². The van der Waals surface area contributed by atoms with Crippen molar-refractivity contribution in [2.75, 3.05) is 44.2 Å². The average Bonchev–Trinajstić information content (AvgIpc) is 3.29. The lowest BCUT2D eigenvalue weighted by Crippen LogP contribution is -2.57. The van der Waals surface area contributed by atoms with E-state index in [1.807, 2.05) is 41.4 Å². The first-order valence-electron chi connectivity index (χ1n) is 10.5. The summed E-state index contributed by atoms with van der Waals surface area (Å²) in [4.78, 5) is 30.0. The lowest BCUT2D eigenvalue weighted by molar-refractivity contribution is -0.139. The molecule has 0 bridgehead atoms. The molecule has 0 saturated carbocycles. The number of fused-ring (bicyclic) bond motifs is 1. The number of aromatic nitrogens is 3. The first-order chi connectivity index (χ1) is 14.7. The molecule has 9 heteroatoms. The van der Waals surface area contributed by atoms with Gasteiger partial charge in [-0.15, -0.1) is 12.4 Å². The largest absolute Gasteiger partial charge is 0.352 e. The van der Waals surface area contributed by atoms with Gasteiger partial charge in [-0.25, -0.2) is 9.97 Å². The van der Waals surface area contributed by atoms with Crippen LogP contribution < -0.4 is 10.2 Å². The zero-order valence-electron chi connectivity index (χ0n) is 17.2. The lowest BCUT2D eigenvalue weighted by atomic mass is 9.72. The molecule has 31 heavy (non-hydrogen) atoms. The highest BCUT2D eigenvalue weighted by Gasteiger charge is 2.44. The molecule has 3 aromatic rings. The van der Waals surface area contributed by atoms with Crippen LogP contribution in [0.3, 0.4) is 0 Å². The normalized spacial score (nSPS) is 18.6. The zero-order valence-corrected chi connectivity index (χ0v) is 18.8. The molecule has 1 aromatic carbocycles. The number of piperazine rings is 1. The Morgan fingerprint density at radius 3 is 2.42 bits per heavy atom. The van der Waals surface area contributed by atoms with Crippen LogP contribution in [0.1, 0.15) is 18.4 Å². The summed E-state index contributed by atoms with van der Waals surface area (Å²) in [5.74, 6) is 1.17. The molecule has 5 rings (SSSR count). The molecule has 2 N–H and O–H groups in total. The van der Waals surface area contributed by atoms with Gasteiger partial charge in [0.1, 0.15) is 17.8 Å². The van der Waals surface area contributed by atoms with E-state index in [1.165, 1.54) is 0 Å². The zero-order chi connectivity index (χ0) is 20.6. The predicted octanol–water partition coefficient (Wildman–Crippen LogP) is 3.00. The number of halogens is 2. The van der Waals surface area contributed by atoms with Crippen LogP contribution in [0.5, 0.6) is 0 Å². The molecule has 2 aromatic heterocycles. The number of carbonyl (C=O) groups is 1. The SMILES string of the molecule is Cl.O=C(N1CCN(c2ncnc3[nH]ccc23)CC1)C1(c2ccc(Cl)cc2)CCNCC1. The quantitative estimate of drug-likeness (QED) is 0.627. The number of nitrogens with zero attached hydrogens (tertiary/aromatic N) is 4. The number of carbonyl (C=O) groups excluding carboxylic acids is 1. The average molecular weight is 461 g/mol. The van der Waals surface area contributed by atoms with Gasteiger partial charge in [-0.3, -0.25) is 4.79 Å². The minimum atomic E-state index is -0.471. The van der Waals surface area contributed by atoms with E-state index < -0.39 is 5.41 Å². The third-order valence-electron chi connectivity index (χ3n) is 6.46. The first kappa shape index (κ1) is 21.9. The Morgan fingerprint density at radius 2 is 1.71 bits per heavy atom. The number of hydrogen-bond donors (Lipinski definition) is 2. The van der Waals surface area contributed by atoms with Gasteiger partial charge in [0, 0.05) is 37.4 Å². The minimum Gasteiger partial charge on any atom is -0.352 e. The Hall–Kier alpha value is -2.35. The Kier molecular flexibility index (Phi) is 6.36. The molecule has 2 aliphatic rings. The lowest BCUT2D eigenvalue weighted by Gasteiger charge is -2.43. The highest BCUT2D eigenvalue weighted by Crippen LogP contribution is 2.36. The van der Waals surface area contributed by atoms with E-state index in [2.05, 4.69) is 25.2 Å². The van der Waals surface area contributed by atoms with E-state index in [0.29, 0.717) is 18.1 Å². The maximum Gasteiger partial charge on any atom is 0.233 e. The number of amides is 1. The van der Waals surface area contributed by atoms with Crippen molar-refractivity contribution in [2.45, 2.75) is 18.3 Å².